The van der Waals surface area contributed by atoms with Crippen molar-refractivity contribution in [1.82, 2.24) is 14.8 Å². The van der Waals surface area contributed by atoms with Gasteiger partial charge in [0.15, 0.2) is 11.5 Å². The number of amides is 1. The van der Waals surface area contributed by atoms with E-state index in [0.29, 0.717) is 38.5 Å². The molecule has 0 spiro atoms. The first-order valence-electron chi connectivity index (χ1n) is 14.3. The number of benzene rings is 2. The second kappa shape index (κ2) is 12.6. The molecule has 1 aromatic heterocycles. The second-order valence-electron chi connectivity index (χ2n) is 11.7. The number of hydrogen-bond donors (Lipinski definition) is 0. The van der Waals surface area contributed by atoms with E-state index in [-0.39, 0.29) is 30.0 Å². The lowest BCUT2D eigenvalue weighted by molar-refractivity contribution is -0.149. The standard InChI is InChI=1S/C32H39N3O5S/c1-5-38-31(37)24-7-6-14-35(18-24)30(36)26-20-41-29(33-26)19-34(16-22-8-11-25(12-9-22)32(2,3)4)17-23-10-13-27-28(15-23)40-21-39-27/h8-13,15,20,24H,5-7,14,16-19,21H2,1-4H3. The fourth-order valence-electron chi connectivity index (χ4n) is 5.28. The Morgan fingerprint density at radius 2 is 1.78 bits per heavy atom. The number of nitrogens with zero attached hydrogens (tertiary/aromatic N) is 3. The van der Waals surface area contributed by atoms with Crippen LogP contribution >= 0.6 is 11.3 Å². The van der Waals surface area contributed by atoms with Crippen LogP contribution in [0, 0.1) is 5.92 Å². The van der Waals surface area contributed by atoms with Crippen LogP contribution in [0.15, 0.2) is 47.8 Å². The quantitative estimate of drug-likeness (QED) is 0.298. The van der Waals surface area contributed by atoms with Crippen LogP contribution in [0.2, 0.25) is 0 Å². The lowest BCUT2D eigenvalue weighted by Gasteiger charge is -2.31. The smallest absolute Gasteiger partial charge is 0.310 e. The maximum Gasteiger partial charge on any atom is 0.310 e. The van der Waals surface area contributed by atoms with E-state index < -0.39 is 0 Å². The summed E-state index contributed by atoms with van der Waals surface area (Å²) in [7, 11) is 0. The van der Waals surface area contributed by atoms with Crippen LogP contribution in [-0.4, -0.2) is 53.1 Å². The average Bonchev–Trinajstić information content (AvgIpc) is 3.62. The van der Waals surface area contributed by atoms with Gasteiger partial charge in [0.05, 0.1) is 19.1 Å². The maximum absolute atomic E-state index is 13.3. The van der Waals surface area contributed by atoms with Gasteiger partial charge in [0.2, 0.25) is 6.79 Å². The van der Waals surface area contributed by atoms with E-state index in [1.165, 1.54) is 22.5 Å². The number of thiazole rings is 1. The van der Waals surface area contributed by atoms with Crippen molar-refractivity contribution in [3.05, 3.63) is 75.2 Å². The van der Waals surface area contributed by atoms with E-state index >= 15 is 0 Å². The summed E-state index contributed by atoms with van der Waals surface area (Å²) in [6.07, 6.45) is 1.53. The van der Waals surface area contributed by atoms with Gasteiger partial charge in [0, 0.05) is 31.6 Å². The van der Waals surface area contributed by atoms with Crippen LogP contribution in [0.25, 0.3) is 0 Å². The zero-order valence-electron chi connectivity index (χ0n) is 24.4. The molecule has 1 amide bonds. The van der Waals surface area contributed by atoms with E-state index in [9.17, 15) is 9.59 Å². The molecule has 3 heterocycles. The molecule has 1 fully saturated rings. The molecule has 9 heteroatoms. The van der Waals surface area contributed by atoms with Gasteiger partial charge in [0.1, 0.15) is 10.7 Å². The Balaban J connectivity index is 1.30. The minimum atomic E-state index is -0.271. The normalized spacial score (nSPS) is 16.7. The summed E-state index contributed by atoms with van der Waals surface area (Å²) in [6.45, 7) is 12.1. The molecule has 218 valence electrons. The van der Waals surface area contributed by atoms with E-state index in [0.717, 1.165) is 41.5 Å². The second-order valence-corrected chi connectivity index (χ2v) is 12.7. The fourth-order valence-corrected chi connectivity index (χ4v) is 6.09. The number of piperidine rings is 1. The van der Waals surface area contributed by atoms with E-state index in [1.54, 1.807) is 11.8 Å². The summed E-state index contributed by atoms with van der Waals surface area (Å²) in [5.74, 6) is 0.915. The summed E-state index contributed by atoms with van der Waals surface area (Å²) in [5, 5.41) is 2.71. The molecule has 1 unspecified atom stereocenters. The van der Waals surface area contributed by atoms with Crippen molar-refractivity contribution in [2.75, 3.05) is 26.5 Å². The molecule has 3 aromatic rings. The lowest BCUT2D eigenvalue weighted by atomic mass is 9.87. The number of ether oxygens (including phenoxy) is 3. The highest BCUT2D eigenvalue weighted by Crippen LogP contribution is 2.33. The molecule has 0 radical (unpaired) electrons. The molecule has 0 aliphatic carbocycles. The van der Waals surface area contributed by atoms with Crippen molar-refractivity contribution in [3.8, 4) is 11.5 Å². The molecule has 2 aliphatic rings. The zero-order valence-corrected chi connectivity index (χ0v) is 25.2. The highest BCUT2D eigenvalue weighted by molar-refractivity contribution is 7.09. The SMILES string of the molecule is CCOC(=O)C1CCCN(C(=O)c2csc(CN(Cc3ccc(C(C)(C)C)cc3)Cc3ccc4c(c3)OCO4)n2)C1. The first-order valence-corrected chi connectivity index (χ1v) is 15.2. The molecule has 41 heavy (non-hydrogen) atoms. The topological polar surface area (TPSA) is 81.2 Å². The monoisotopic (exact) mass is 577 g/mol. The highest BCUT2D eigenvalue weighted by atomic mass is 32.1. The van der Waals surface area contributed by atoms with Gasteiger partial charge in [-0.05, 0) is 54.0 Å². The summed E-state index contributed by atoms with van der Waals surface area (Å²) in [6, 6.07) is 14.9. The number of carbonyl (C=O) groups is 2. The van der Waals surface area contributed by atoms with Gasteiger partial charge >= 0.3 is 5.97 Å². The Morgan fingerprint density at radius 1 is 1.05 bits per heavy atom. The molecule has 2 aromatic carbocycles. The molecule has 1 atom stereocenters. The molecule has 8 nitrogen and oxygen atoms in total. The molecule has 0 bridgehead atoms. The number of rotatable bonds is 9. The van der Waals surface area contributed by atoms with Crippen molar-refractivity contribution in [3.63, 3.8) is 0 Å². The van der Waals surface area contributed by atoms with Gasteiger partial charge in [-0.1, -0.05) is 51.1 Å². The van der Waals surface area contributed by atoms with Crippen molar-refractivity contribution >= 4 is 23.2 Å². The van der Waals surface area contributed by atoms with E-state index in [2.05, 4.69) is 56.0 Å². The summed E-state index contributed by atoms with van der Waals surface area (Å²) < 4.78 is 16.3. The number of fused-ring (bicyclic) bond motifs is 1. The third kappa shape index (κ3) is 7.26. The predicted octanol–water partition coefficient (Wildman–Crippen LogP) is 5.79. The molecule has 5 rings (SSSR count). The van der Waals surface area contributed by atoms with Crippen molar-refractivity contribution in [1.29, 1.82) is 0 Å². The van der Waals surface area contributed by atoms with Gasteiger partial charge in [-0.3, -0.25) is 14.5 Å². The van der Waals surface area contributed by atoms with Crippen LogP contribution in [-0.2, 0) is 34.6 Å². The summed E-state index contributed by atoms with van der Waals surface area (Å²) in [4.78, 5) is 34.4. The molecular weight excluding hydrogens is 538 g/mol. The maximum atomic E-state index is 13.3. The minimum absolute atomic E-state index is 0.0964. The molecule has 2 aliphatic heterocycles. The Kier molecular flexibility index (Phi) is 8.94. The van der Waals surface area contributed by atoms with Gasteiger partial charge in [-0.2, -0.15) is 0 Å². The lowest BCUT2D eigenvalue weighted by Crippen LogP contribution is -2.43. The average molecular weight is 578 g/mol. The number of aromatic nitrogens is 1. The number of hydrogen-bond acceptors (Lipinski definition) is 8. The van der Waals surface area contributed by atoms with Crippen LogP contribution in [0.5, 0.6) is 11.5 Å². The molecule has 1 saturated heterocycles. The van der Waals surface area contributed by atoms with Crippen molar-refractivity contribution in [2.24, 2.45) is 5.92 Å². The van der Waals surface area contributed by atoms with Gasteiger partial charge in [-0.15, -0.1) is 11.3 Å². The third-order valence-corrected chi connectivity index (χ3v) is 8.36. The summed E-state index contributed by atoms with van der Waals surface area (Å²) >= 11 is 1.50. The Bertz CT molecular complexity index is 1360. The Hall–Kier alpha value is -3.43. The third-order valence-electron chi connectivity index (χ3n) is 7.53. The van der Waals surface area contributed by atoms with Gasteiger partial charge in [-0.25, -0.2) is 4.98 Å². The Labute approximate surface area is 246 Å². The first-order chi connectivity index (χ1) is 19.7. The van der Waals surface area contributed by atoms with Crippen LogP contribution in [0.1, 0.15) is 72.7 Å². The van der Waals surface area contributed by atoms with Crippen molar-refractivity contribution in [2.45, 2.75) is 65.6 Å². The zero-order chi connectivity index (χ0) is 29.0. The number of esters is 1. The van der Waals surface area contributed by atoms with Crippen molar-refractivity contribution < 1.29 is 23.8 Å². The Morgan fingerprint density at radius 3 is 2.54 bits per heavy atom. The molecule has 0 N–H and O–H groups in total. The molecular formula is C32H39N3O5S. The highest BCUT2D eigenvalue weighted by Gasteiger charge is 2.31. The van der Waals surface area contributed by atoms with Gasteiger partial charge < -0.3 is 19.1 Å². The fraction of sp³-hybridized carbons (Fsp3) is 0.469. The van der Waals surface area contributed by atoms with Crippen LogP contribution in [0.3, 0.4) is 0 Å². The minimum Gasteiger partial charge on any atom is -0.466 e. The van der Waals surface area contributed by atoms with Gasteiger partial charge in [0.25, 0.3) is 5.91 Å². The first kappa shape index (κ1) is 29.1. The van der Waals surface area contributed by atoms with E-state index in [1.807, 2.05) is 17.5 Å². The summed E-state index contributed by atoms with van der Waals surface area (Å²) in [5.41, 5.74) is 4.16. The van der Waals surface area contributed by atoms with E-state index in [4.69, 9.17) is 19.2 Å². The predicted molar refractivity (Wildman–Crippen MR) is 158 cm³/mol. The number of carbonyl (C=O) groups excluding carboxylic acids is 2. The molecule has 0 saturated carbocycles. The largest absolute Gasteiger partial charge is 0.466 e. The number of likely N-dealkylation sites (tertiary alicyclic amines) is 1. The van der Waals surface area contributed by atoms with Crippen LogP contribution < -0.4 is 9.47 Å². The van der Waals surface area contributed by atoms with Crippen LogP contribution in [0.4, 0.5) is 0 Å².